The van der Waals surface area contributed by atoms with Crippen molar-refractivity contribution in [3.05, 3.63) is 156 Å². The van der Waals surface area contributed by atoms with E-state index in [2.05, 4.69) is 26.6 Å². The zero-order valence-electron chi connectivity index (χ0n) is 33.0. The Hall–Kier alpha value is -6.82. The Morgan fingerprint density at radius 2 is 1.24 bits per heavy atom. The van der Waals surface area contributed by atoms with E-state index in [1.54, 1.807) is 30.3 Å². The van der Waals surface area contributed by atoms with Gasteiger partial charge in [-0.05, 0) is 72.9 Å². The van der Waals surface area contributed by atoms with Crippen molar-refractivity contribution in [3.63, 3.8) is 0 Å². The quantitative estimate of drug-likeness (QED) is 0.0734. The smallest absolute Gasteiger partial charge is 0.325 e. The third-order valence-electron chi connectivity index (χ3n) is 9.99. The molecule has 0 saturated carbocycles. The number of carboxylic acid groups (broad SMARTS) is 1. The average molecular weight is 798 g/mol. The number of amides is 5. The summed E-state index contributed by atoms with van der Waals surface area (Å²) in [6.07, 6.45) is 9.02. The minimum Gasteiger partial charge on any atom is -0.480 e. The maximum absolute atomic E-state index is 14.3. The molecule has 1 aliphatic carbocycles. The van der Waals surface area contributed by atoms with Crippen LogP contribution in [-0.4, -0.2) is 71.3 Å². The number of aliphatic carboxylic acids is 1. The Kier molecular flexibility index (Phi) is 16.3. The lowest BCUT2D eigenvalue weighted by Crippen LogP contribution is -2.58. The topological polar surface area (TPSA) is 183 Å². The lowest BCUT2D eigenvalue weighted by atomic mass is 9.92. The lowest BCUT2D eigenvalue weighted by Gasteiger charge is -2.27. The molecule has 0 saturated heterocycles. The predicted octanol–water partition coefficient (Wildman–Crippen LogP) is 4.92. The van der Waals surface area contributed by atoms with Crippen molar-refractivity contribution in [2.24, 2.45) is 5.92 Å². The number of rotatable bonds is 20. The van der Waals surface area contributed by atoms with E-state index in [-0.39, 0.29) is 44.1 Å². The van der Waals surface area contributed by atoms with Crippen molar-refractivity contribution in [2.45, 2.75) is 69.6 Å². The second-order valence-corrected chi connectivity index (χ2v) is 14.5. The number of hydrogen-bond donors (Lipinski definition) is 6. The van der Waals surface area contributed by atoms with Gasteiger partial charge in [-0.2, -0.15) is 0 Å². The van der Waals surface area contributed by atoms with E-state index in [1.807, 2.05) is 109 Å². The molecule has 0 radical (unpaired) electrons. The number of hydrogen-bond acceptors (Lipinski definition) is 6. The number of benzene rings is 4. The van der Waals surface area contributed by atoms with Gasteiger partial charge >= 0.3 is 5.97 Å². The molecule has 2 unspecified atom stereocenters. The van der Waals surface area contributed by atoms with E-state index in [4.69, 9.17) is 0 Å². The summed E-state index contributed by atoms with van der Waals surface area (Å²) in [5.74, 6) is -4.06. The Bertz CT molecular complexity index is 2090. The highest BCUT2D eigenvalue weighted by Gasteiger charge is 2.32. The van der Waals surface area contributed by atoms with E-state index in [1.165, 1.54) is 6.92 Å². The van der Waals surface area contributed by atoms with Gasteiger partial charge in [0, 0.05) is 24.9 Å². The molecule has 306 valence electrons. The standard InChI is InChI=1S/C47H51N5O7/c1-32(47(58)59)49-45(56)40(30-34-16-8-3-9-17-34)52-46(57)41(31-35-22-25-37(26-23-35)36-18-10-4-11-19-36)51-44(55)39(27-24-33-14-6-2-7-15-33)50-42(53)28-29-48-43(54)38-20-12-5-13-21-38/h2-16,18-23,25-26,32,34,39-41H,17,24,27-31H2,1H3,(H,48,54)(H,49,56)(H,50,53)(H,51,55)(H,52,57)(H,58,59)/t32?,34?,39-,40+,41-/m0/s1. The summed E-state index contributed by atoms with van der Waals surface area (Å²) in [4.78, 5) is 79.5. The first-order chi connectivity index (χ1) is 28.5. The van der Waals surface area contributed by atoms with Crippen LogP contribution in [-0.2, 0) is 36.8 Å². The van der Waals surface area contributed by atoms with Gasteiger partial charge < -0.3 is 31.7 Å². The van der Waals surface area contributed by atoms with Gasteiger partial charge in [-0.25, -0.2) is 0 Å². The molecule has 1 aliphatic rings. The van der Waals surface area contributed by atoms with Crippen LogP contribution >= 0.6 is 0 Å². The fraction of sp³-hybridized carbons (Fsp3) is 0.277. The van der Waals surface area contributed by atoms with Crippen molar-refractivity contribution in [3.8, 4) is 11.1 Å². The molecule has 0 aliphatic heterocycles. The summed E-state index contributed by atoms with van der Waals surface area (Å²) in [6, 6.07) is 30.9. The third-order valence-corrected chi connectivity index (χ3v) is 9.99. The van der Waals surface area contributed by atoms with E-state index < -0.39 is 53.8 Å². The van der Waals surface area contributed by atoms with Crippen LogP contribution in [0.5, 0.6) is 0 Å². The minimum absolute atomic E-state index is 0.0342. The first kappa shape index (κ1) is 43.3. The second-order valence-electron chi connectivity index (χ2n) is 14.5. The molecule has 5 rings (SSSR count). The molecular formula is C47H51N5O7. The number of allylic oxidation sites excluding steroid dienone is 4. The molecule has 12 nitrogen and oxygen atoms in total. The van der Waals surface area contributed by atoms with Gasteiger partial charge in [0.1, 0.15) is 24.2 Å². The fourth-order valence-electron chi connectivity index (χ4n) is 6.64. The van der Waals surface area contributed by atoms with Crippen LogP contribution in [0.25, 0.3) is 11.1 Å². The van der Waals surface area contributed by atoms with Crippen molar-refractivity contribution in [1.29, 1.82) is 0 Å². The second kappa shape index (κ2) is 22.2. The van der Waals surface area contributed by atoms with Crippen LogP contribution in [0, 0.1) is 5.92 Å². The summed E-state index contributed by atoms with van der Waals surface area (Å²) in [7, 11) is 0. The van der Waals surface area contributed by atoms with Crippen LogP contribution in [0.4, 0.5) is 0 Å². The zero-order chi connectivity index (χ0) is 42.0. The Morgan fingerprint density at radius 1 is 0.644 bits per heavy atom. The highest BCUT2D eigenvalue weighted by atomic mass is 16.4. The molecule has 0 spiro atoms. The SMILES string of the molecule is CC(NC(=O)[C@@H](CC1C=CC=CC1)NC(=O)[C@H](Cc1ccc(-c2ccccc2)cc1)NC(=O)[C@H](CCc1ccccc1)NC(=O)CCNC(=O)c1ccccc1)C(=O)O. The van der Waals surface area contributed by atoms with E-state index in [9.17, 15) is 33.9 Å². The molecule has 5 atom stereocenters. The van der Waals surface area contributed by atoms with Crippen molar-refractivity contribution >= 4 is 35.5 Å². The van der Waals surface area contributed by atoms with E-state index in [0.717, 1.165) is 22.3 Å². The Balaban J connectivity index is 1.36. The normalized spacial score (nSPS) is 15.1. The summed E-state index contributed by atoms with van der Waals surface area (Å²) in [5.41, 5.74) is 4.09. The van der Waals surface area contributed by atoms with Gasteiger partial charge in [0.25, 0.3) is 5.91 Å². The summed E-state index contributed by atoms with van der Waals surface area (Å²) >= 11 is 0. The number of carbonyl (C=O) groups is 6. The van der Waals surface area contributed by atoms with Crippen molar-refractivity contribution in [2.75, 3.05) is 6.54 Å². The lowest BCUT2D eigenvalue weighted by molar-refractivity contribution is -0.142. The summed E-state index contributed by atoms with van der Waals surface area (Å²) in [6.45, 7) is 1.37. The molecule has 0 fully saturated rings. The maximum atomic E-state index is 14.3. The molecule has 0 heterocycles. The van der Waals surface area contributed by atoms with Crippen LogP contribution in [0.15, 0.2) is 140 Å². The largest absolute Gasteiger partial charge is 0.480 e. The molecule has 59 heavy (non-hydrogen) atoms. The molecule has 0 aromatic heterocycles. The average Bonchev–Trinajstić information content (AvgIpc) is 3.26. The third kappa shape index (κ3) is 14.0. The Labute approximate surface area is 344 Å². The van der Waals surface area contributed by atoms with Crippen LogP contribution in [0.2, 0.25) is 0 Å². The molecule has 0 bridgehead atoms. The van der Waals surface area contributed by atoms with Crippen LogP contribution in [0.1, 0.15) is 54.1 Å². The van der Waals surface area contributed by atoms with Gasteiger partial charge in [-0.15, -0.1) is 0 Å². The molecule has 4 aromatic carbocycles. The molecule has 6 N–H and O–H groups in total. The van der Waals surface area contributed by atoms with Gasteiger partial charge in [0.2, 0.25) is 23.6 Å². The van der Waals surface area contributed by atoms with Gasteiger partial charge in [-0.3, -0.25) is 28.8 Å². The van der Waals surface area contributed by atoms with Crippen LogP contribution in [0.3, 0.4) is 0 Å². The van der Waals surface area contributed by atoms with Gasteiger partial charge in [0.15, 0.2) is 0 Å². The molecular weight excluding hydrogens is 747 g/mol. The van der Waals surface area contributed by atoms with Crippen LogP contribution < -0.4 is 26.6 Å². The molecule has 12 heteroatoms. The monoisotopic (exact) mass is 797 g/mol. The summed E-state index contributed by atoms with van der Waals surface area (Å²) in [5, 5.41) is 23.2. The number of carbonyl (C=O) groups excluding carboxylic acids is 5. The highest BCUT2D eigenvalue weighted by molar-refractivity contribution is 5.96. The first-order valence-electron chi connectivity index (χ1n) is 19.8. The van der Waals surface area contributed by atoms with E-state index in [0.29, 0.717) is 18.4 Å². The number of aryl methyl sites for hydroxylation is 1. The van der Waals surface area contributed by atoms with E-state index >= 15 is 0 Å². The Morgan fingerprint density at radius 3 is 1.88 bits per heavy atom. The first-order valence-corrected chi connectivity index (χ1v) is 19.8. The summed E-state index contributed by atoms with van der Waals surface area (Å²) < 4.78 is 0. The molecule has 4 aromatic rings. The minimum atomic E-state index is -1.23. The number of nitrogens with one attached hydrogen (secondary N) is 5. The fourth-order valence-corrected chi connectivity index (χ4v) is 6.64. The van der Waals surface area contributed by atoms with Crippen molar-refractivity contribution < 1.29 is 33.9 Å². The zero-order valence-corrected chi connectivity index (χ0v) is 33.0. The molecule has 5 amide bonds. The number of carboxylic acids is 1. The maximum Gasteiger partial charge on any atom is 0.325 e. The predicted molar refractivity (Wildman–Crippen MR) is 226 cm³/mol. The van der Waals surface area contributed by atoms with Crippen molar-refractivity contribution in [1.82, 2.24) is 26.6 Å². The van der Waals surface area contributed by atoms with Gasteiger partial charge in [-0.1, -0.05) is 127 Å². The van der Waals surface area contributed by atoms with Gasteiger partial charge in [0.05, 0.1) is 0 Å². The highest BCUT2D eigenvalue weighted by Crippen LogP contribution is 2.21.